The third-order valence-electron chi connectivity index (χ3n) is 3.15. The Morgan fingerprint density at radius 3 is 2.18 bits per heavy atom. The number of benzene rings is 1. The van der Waals surface area contributed by atoms with Gasteiger partial charge in [0, 0.05) is 0 Å². The Morgan fingerprint density at radius 1 is 0.909 bits per heavy atom. The molecule has 3 heterocycles. The molecule has 0 bridgehead atoms. The number of halogens is 3. The zero-order chi connectivity index (χ0) is 15.3. The van der Waals surface area contributed by atoms with Gasteiger partial charge in [0.15, 0.2) is 0 Å². The van der Waals surface area contributed by atoms with Gasteiger partial charge in [-0.3, -0.25) is 0 Å². The molecule has 3 aromatic heterocycles. The Balaban J connectivity index is 2.02. The van der Waals surface area contributed by atoms with Gasteiger partial charge in [0.05, 0.1) is 0 Å². The molecule has 2 nitrogen and oxygen atoms in total. The number of rotatable bonds is 2. The van der Waals surface area contributed by atoms with E-state index in [1.165, 1.54) is 11.3 Å². The minimum absolute atomic E-state index is 0.206. The molecule has 4 rings (SSSR count). The molecule has 0 radical (unpaired) electrons. The predicted octanol–water partition coefficient (Wildman–Crippen LogP) is 5.81. The second-order valence-electron chi connectivity index (χ2n) is 4.45. The van der Waals surface area contributed by atoms with Crippen LogP contribution in [0.25, 0.3) is 31.9 Å². The second-order valence-corrected chi connectivity index (χ2v) is 10.5. The summed E-state index contributed by atoms with van der Waals surface area (Å²) in [7, 11) is 0. The van der Waals surface area contributed by atoms with E-state index in [2.05, 4.69) is 39.8 Å². The van der Waals surface area contributed by atoms with Crippen LogP contribution in [0.5, 0.6) is 0 Å². The molecule has 0 amide bonds. The van der Waals surface area contributed by atoms with Crippen molar-refractivity contribution in [3.05, 3.63) is 43.7 Å². The Labute approximate surface area is 156 Å². The van der Waals surface area contributed by atoms with Crippen LogP contribution < -0.4 is 0 Å². The van der Waals surface area contributed by atoms with E-state index in [1.807, 2.05) is 24.3 Å². The first kappa shape index (κ1) is 15.2. The van der Waals surface area contributed by atoms with Crippen molar-refractivity contribution in [3.63, 3.8) is 0 Å². The summed E-state index contributed by atoms with van der Waals surface area (Å²) in [5.41, 5.74) is 2.89. The fourth-order valence-corrected chi connectivity index (χ4v) is 6.27. The second kappa shape index (κ2) is 5.92. The molecule has 4 aromatic rings. The average Bonchev–Trinajstić information content (AvgIpc) is 3.19. The van der Waals surface area contributed by atoms with Gasteiger partial charge in [-0.05, 0) is 0 Å². The van der Waals surface area contributed by atoms with Crippen molar-refractivity contribution < 1.29 is 4.39 Å². The molecule has 1 aromatic carbocycles. The first-order valence-electron chi connectivity index (χ1n) is 6.09. The number of fused-ring (bicyclic) bond motifs is 1. The summed E-state index contributed by atoms with van der Waals surface area (Å²) in [5, 5.41) is 0. The van der Waals surface area contributed by atoms with E-state index in [9.17, 15) is 4.39 Å². The van der Waals surface area contributed by atoms with E-state index in [0.29, 0.717) is 11.1 Å². The molecule has 0 aliphatic heterocycles. The molecule has 0 saturated heterocycles. The number of thiophene rings is 2. The molecule has 0 aliphatic rings. The van der Waals surface area contributed by atoms with Gasteiger partial charge in [-0.1, -0.05) is 0 Å². The van der Waals surface area contributed by atoms with Gasteiger partial charge < -0.3 is 0 Å². The van der Waals surface area contributed by atoms with Crippen LogP contribution in [0.2, 0.25) is 0 Å². The van der Waals surface area contributed by atoms with Gasteiger partial charge in [-0.15, -0.1) is 0 Å². The van der Waals surface area contributed by atoms with Crippen molar-refractivity contribution in [1.82, 2.24) is 7.96 Å². The SMILES string of the molecule is Fc1cc(-c2ccc(Br)s2)c2n[se]nc2c1-c1ccc(Br)s1. The topological polar surface area (TPSA) is 25.8 Å². The van der Waals surface area contributed by atoms with Gasteiger partial charge in [-0.25, -0.2) is 0 Å². The zero-order valence-electron chi connectivity index (χ0n) is 10.6. The van der Waals surface area contributed by atoms with Crippen LogP contribution in [0.1, 0.15) is 0 Å². The Kier molecular flexibility index (Phi) is 4.09. The summed E-state index contributed by atoms with van der Waals surface area (Å²) in [5.74, 6) is -0.246. The van der Waals surface area contributed by atoms with Crippen molar-refractivity contribution in [3.8, 4) is 20.9 Å². The summed E-state index contributed by atoms with van der Waals surface area (Å²) >= 11 is 9.75. The quantitative estimate of drug-likeness (QED) is 0.311. The zero-order valence-corrected chi connectivity index (χ0v) is 17.2. The monoisotopic (exact) mass is 522 g/mol. The fourth-order valence-electron chi connectivity index (χ4n) is 2.24. The fraction of sp³-hybridized carbons (Fsp3) is 0. The molecular formula is C14H5Br2FN2S2Se. The summed E-state index contributed by atoms with van der Waals surface area (Å²) < 4.78 is 25.8. The molecule has 8 heteroatoms. The van der Waals surface area contributed by atoms with E-state index in [-0.39, 0.29) is 20.8 Å². The van der Waals surface area contributed by atoms with Crippen molar-refractivity contribution in [2.45, 2.75) is 0 Å². The third kappa shape index (κ3) is 2.56. The normalized spacial score (nSPS) is 11.4. The average molecular weight is 523 g/mol. The van der Waals surface area contributed by atoms with Crippen LogP contribution >= 0.6 is 54.5 Å². The van der Waals surface area contributed by atoms with E-state index < -0.39 is 0 Å². The molecule has 0 fully saturated rings. The molecule has 0 saturated carbocycles. The molecule has 0 atom stereocenters. The molecule has 0 aliphatic carbocycles. The molecule has 22 heavy (non-hydrogen) atoms. The molecular weight excluding hydrogens is 518 g/mol. The standard InChI is InChI=1S/C14H5Br2FN2S2Se/c15-10-3-1-8(20-10)6-5-7(17)12(9-2-4-11(16)21-9)14-13(6)18-22-19-14/h1-5H. The predicted molar refractivity (Wildman–Crippen MR) is 98.5 cm³/mol. The summed E-state index contributed by atoms with van der Waals surface area (Å²) in [4.78, 5) is 1.87. The summed E-state index contributed by atoms with van der Waals surface area (Å²) in [6.07, 6.45) is 0. The Morgan fingerprint density at radius 2 is 1.55 bits per heavy atom. The van der Waals surface area contributed by atoms with Crippen molar-refractivity contribution >= 4 is 80.5 Å². The first-order chi connectivity index (χ1) is 10.6. The van der Waals surface area contributed by atoms with Crippen LogP contribution in [0.4, 0.5) is 4.39 Å². The van der Waals surface area contributed by atoms with Crippen molar-refractivity contribution in [2.24, 2.45) is 0 Å². The van der Waals surface area contributed by atoms with Gasteiger partial charge in [-0.2, -0.15) is 0 Å². The maximum absolute atomic E-state index is 14.8. The van der Waals surface area contributed by atoms with Gasteiger partial charge in [0.2, 0.25) is 0 Å². The number of aromatic nitrogens is 2. The number of hydrogen-bond donors (Lipinski definition) is 0. The maximum atomic E-state index is 14.8. The van der Waals surface area contributed by atoms with Crippen LogP contribution in [-0.4, -0.2) is 22.9 Å². The summed E-state index contributed by atoms with van der Waals surface area (Å²) in [6, 6.07) is 9.36. The number of hydrogen-bond acceptors (Lipinski definition) is 4. The number of nitrogens with zero attached hydrogens (tertiary/aromatic N) is 2. The summed E-state index contributed by atoms with van der Waals surface area (Å²) in [6.45, 7) is 0. The van der Waals surface area contributed by atoms with Crippen LogP contribution in [-0.2, 0) is 0 Å². The molecule has 110 valence electrons. The first-order valence-corrected chi connectivity index (χ1v) is 10.8. The van der Waals surface area contributed by atoms with Gasteiger partial charge >= 0.3 is 157 Å². The Hall–Kier alpha value is -0.371. The van der Waals surface area contributed by atoms with Crippen LogP contribution in [0, 0.1) is 5.82 Å². The Bertz CT molecular complexity index is 992. The molecule has 0 unspecified atom stereocenters. The van der Waals surface area contributed by atoms with E-state index >= 15 is 0 Å². The van der Waals surface area contributed by atoms with E-state index in [0.717, 1.165) is 28.4 Å². The molecule has 0 N–H and O–H groups in total. The van der Waals surface area contributed by atoms with Crippen LogP contribution in [0.15, 0.2) is 37.9 Å². The minimum atomic E-state index is -0.246. The van der Waals surface area contributed by atoms with Crippen LogP contribution in [0.3, 0.4) is 0 Å². The van der Waals surface area contributed by atoms with E-state index in [1.54, 1.807) is 17.4 Å². The van der Waals surface area contributed by atoms with Crippen molar-refractivity contribution in [2.75, 3.05) is 0 Å². The molecule has 0 spiro atoms. The van der Waals surface area contributed by atoms with Gasteiger partial charge in [0.25, 0.3) is 0 Å². The van der Waals surface area contributed by atoms with Crippen molar-refractivity contribution in [1.29, 1.82) is 0 Å². The third-order valence-corrected chi connectivity index (χ3v) is 7.56. The van der Waals surface area contributed by atoms with Gasteiger partial charge in [0.1, 0.15) is 0 Å². The van der Waals surface area contributed by atoms with E-state index in [4.69, 9.17) is 0 Å².